The van der Waals surface area contributed by atoms with Gasteiger partial charge in [-0.3, -0.25) is 4.98 Å². The number of quaternary nitrogens is 1. The van der Waals surface area contributed by atoms with E-state index < -0.39 is 0 Å². The van der Waals surface area contributed by atoms with Crippen molar-refractivity contribution in [2.75, 3.05) is 13.1 Å². The van der Waals surface area contributed by atoms with Gasteiger partial charge in [0.25, 0.3) is 0 Å². The second-order valence-electron chi connectivity index (χ2n) is 7.27. The molecule has 124 valence electrons. The molecule has 24 heavy (non-hydrogen) atoms. The number of aromatic amines is 1. The number of piperidine rings is 1. The minimum atomic E-state index is 0.363. The summed E-state index contributed by atoms with van der Waals surface area (Å²) in [5, 5.41) is 1.36. The average Bonchev–Trinajstić information content (AvgIpc) is 2.94. The van der Waals surface area contributed by atoms with Crippen LogP contribution in [0, 0.1) is 12.8 Å². The molecule has 0 bridgehead atoms. The first-order valence-electron chi connectivity index (χ1n) is 9.05. The molecule has 2 aromatic heterocycles. The van der Waals surface area contributed by atoms with Gasteiger partial charge in [-0.1, -0.05) is 25.1 Å². The molecule has 1 aromatic carbocycles. The van der Waals surface area contributed by atoms with E-state index in [4.69, 9.17) is 0 Å². The number of nitrogens with zero attached hydrogens (tertiary/aromatic N) is 1. The van der Waals surface area contributed by atoms with Crippen LogP contribution in [-0.2, 0) is 0 Å². The van der Waals surface area contributed by atoms with Crippen LogP contribution in [0.25, 0.3) is 10.9 Å². The lowest BCUT2D eigenvalue weighted by Crippen LogP contribution is -3.13. The number of para-hydroxylation sites is 1. The van der Waals surface area contributed by atoms with Crippen LogP contribution in [0.5, 0.6) is 0 Å². The first kappa shape index (κ1) is 15.4. The number of fused-ring (bicyclic) bond motifs is 1. The van der Waals surface area contributed by atoms with Crippen molar-refractivity contribution in [2.24, 2.45) is 5.92 Å². The highest BCUT2D eigenvalue weighted by atomic mass is 15.2. The number of rotatable bonds is 3. The maximum Gasteiger partial charge on any atom is 0.143 e. The van der Waals surface area contributed by atoms with Gasteiger partial charge < -0.3 is 9.88 Å². The normalized spacial score (nSPS) is 22.6. The van der Waals surface area contributed by atoms with Gasteiger partial charge in [0.15, 0.2) is 0 Å². The molecule has 0 saturated carbocycles. The molecule has 0 aliphatic carbocycles. The number of nitrogens with one attached hydrogen (secondary N) is 2. The summed E-state index contributed by atoms with van der Waals surface area (Å²) in [6.07, 6.45) is 6.55. The van der Waals surface area contributed by atoms with Gasteiger partial charge in [-0.25, -0.2) is 0 Å². The summed E-state index contributed by atoms with van der Waals surface area (Å²) < 4.78 is 0. The number of H-pyrrole nitrogens is 1. The molecule has 3 heteroatoms. The van der Waals surface area contributed by atoms with Crippen LogP contribution in [0.1, 0.15) is 42.6 Å². The second-order valence-corrected chi connectivity index (χ2v) is 7.27. The van der Waals surface area contributed by atoms with Gasteiger partial charge >= 0.3 is 0 Å². The molecular formula is C21H26N3+. The fraction of sp³-hybridized carbons (Fsp3) is 0.381. The summed E-state index contributed by atoms with van der Waals surface area (Å²) >= 11 is 0. The van der Waals surface area contributed by atoms with E-state index in [1.54, 1.807) is 4.90 Å². The van der Waals surface area contributed by atoms with E-state index in [1.807, 2.05) is 6.20 Å². The molecule has 1 aliphatic heterocycles. The molecule has 1 saturated heterocycles. The maximum atomic E-state index is 4.41. The molecule has 3 heterocycles. The maximum absolute atomic E-state index is 4.41. The number of aromatic nitrogens is 2. The SMILES string of the molecule is Cc1[nH]c2ccccc2c1C(c1cccnc1)[NH+]1CCC(C)CC1. The minimum absolute atomic E-state index is 0.363. The number of hydrogen-bond acceptors (Lipinski definition) is 1. The van der Waals surface area contributed by atoms with Gasteiger partial charge in [0.2, 0.25) is 0 Å². The topological polar surface area (TPSA) is 33.1 Å². The highest BCUT2D eigenvalue weighted by Gasteiger charge is 2.32. The molecule has 1 atom stereocenters. The van der Waals surface area contributed by atoms with Crippen molar-refractivity contribution in [3.63, 3.8) is 0 Å². The van der Waals surface area contributed by atoms with Crippen molar-refractivity contribution in [3.05, 3.63) is 65.6 Å². The first-order chi connectivity index (χ1) is 11.7. The van der Waals surface area contributed by atoms with E-state index >= 15 is 0 Å². The third-order valence-electron chi connectivity index (χ3n) is 5.57. The minimum Gasteiger partial charge on any atom is -0.358 e. The number of benzene rings is 1. The van der Waals surface area contributed by atoms with Crippen molar-refractivity contribution in [3.8, 4) is 0 Å². The predicted molar refractivity (Wildman–Crippen MR) is 98.2 cm³/mol. The van der Waals surface area contributed by atoms with Crippen LogP contribution in [0.2, 0.25) is 0 Å². The Labute approximate surface area is 143 Å². The molecular weight excluding hydrogens is 294 g/mol. The lowest BCUT2D eigenvalue weighted by molar-refractivity contribution is -0.931. The summed E-state index contributed by atoms with van der Waals surface area (Å²) in [5.74, 6) is 0.854. The van der Waals surface area contributed by atoms with Gasteiger partial charge in [-0.15, -0.1) is 0 Å². The van der Waals surface area contributed by atoms with Crippen molar-refractivity contribution in [1.82, 2.24) is 9.97 Å². The van der Waals surface area contributed by atoms with Crippen molar-refractivity contribution in [1.29, 1.82) is 0 Å². The van der Waals surface area contributed by atoms with Gasteiger partial charge in [0, 0.05) is 40.1 Å². The smallest absolute Gasteiger partial charge is 0.143 e. The Hall–Kier alpha value is -2.13. The summed E-state index contributed by atoms with van der Waals surface area (Å²) in [7, 11) is 0. The molecule has 4 rings (SSSR count). The number of pyridine rings is 1. The van der Waals surface area contributed by atoms with Crippen LogP contribution in [0.3, 0.4) is 0 Å². The van der Waals surface area contributed by atoms with Gasteiger partial charge in [-0.2, -0.15) is 0 Å². The predicted octanol–water partition coefficient (Wildman–Crippen LogP) is 3.28. The first-order valence-corrected chi connectivity index (χ1v) is 9.05. The molecule has 0 radical (unpaired) electrons. The quantitative estimate of drug-likeness (QED) is 0.763. The highest BCUT2D eigenvalue weighted by molar-refractivity contribution is 5.85. The fourth-order valence-corrected chi connectivity index (χ4v) is 4.25. The lowest BCUT2D eigenvalue weighted by atomic mass is 9.91. The number of likely N-dealkylation sites (tertiary alicyclic amines) is 1. The van der Waals surface area contributed by atoms with Crippen LogP contribution in [-0.4, -0.2) is 23.1 Å². The highest BCUT2D eigenvalue weighted by Crippen LogP contribution is 2.30. The third kappa shape index (κ3) is 2.73. The van der Waals surface area contributed by atoms with Gasteiger partial charge in [-0.05, 0) is 43.9 Å². The zero-order valence-corrected chi connectivity index (χ0v) is 14.5. The van der Waals surface area contributed by atoms with Crippen molar-refractivity contribution < 1.29 is 4.90 Å². The Morgan fingerprint density at radius 1 is 1.12 bits per heavy atom. The summed E-state index contributed by atoms with van der Waals surface area (Å²) in [6.45, 7) is 7.07. The average molecular weight is 320 g/mol. The van der Waals surface area contributed by atoms with Gasteiger partial charge in [0.05, 0.1) is 13.1 Å². The Kier molecular flexibility index (Phi) is 4.11. The standard InChI is InChI=1S/C21H25N3/c1-15-9-12-24(13-10-15)21(17-6-5-11-22-14-17)20-16(2)23-19-8-4-3-7-18(19)20/h3-8,11,14-15,21,23H,9-10,12-13H2,1-2H3/p+1. The molecule has 3 nitrogen and oxygen atoms in total. The Balaban J connectivity index is 1.84. The zero-order chi connectivity index (χ0) is 16.5. The van der Waals surface area contributed by atoms with Crippen LogP contribution < -0.4 is 4.90 Å². The van der Waals surface area contributed by atoms with E-state index in [0.717, 1.165) is 5.92 Å². The summed E-state index contributed by atoms with van der Waals surface area (Å²) in [6, 6.07) is 13.4. The molecule has 1 aliphatic rings. The van der Waals surface area contributed by atoms with E-state index in [0.29, 0.717) is 6.04 Å². The molecule has 3 aromatic rings. The van der Waals surface area contributed by atoms with Crippen LogP contribution in [0.4, 0.5) is 0 Å². The molecule has 2 N–H and O–H groups in total. The van der Waals surface area contributed by atoms with E-state index in [1.165, 1.54) is 53.7 Å². The number of aryl methyl sites for hydroxylation is 1. The summed E-state index contributed by atoms with van der Waals surface area (Å²) in [4.78, 5) is 9.68. The van der Waals surface area contributed by atoms with Crippen LogP contribution in [0.15, 0.2) is 48.8 Å². The van der Waals surface area contributed by atoms with E-state index in [-0.39, 0.29) is 0 Å². The Bertz CT molecular complexity index is 813. The molecule has 1 unspecified atom stereocenters. The van der Waals surface area contributed by atoms with Gasteiger partial charge in [0.1, 0.15) is 6.04 Å². The third-order valence-corrected chi connectivity index (χ3v) is 5.57. The number of hydrogen-bond donors (Lipinski definition) is 2. The fourth-order valence-electron chi connectivity index (χ4n) is 4.25. The zero-order valence-electron chi connectivity index (χ0n) is 14.5. The van der Waals surface area contributed by atoms with E-state index in [2.05, 4.69) is 66.4 Å². The van der Waals surface area contributed by atoms with Crippen molar-refractivity contribution in [2.45, 2.75) is 32.7 Å². The molecule has 0 amide bonds. The Morgan fingerprint density at radius 3 is 2.67 bits per heavy atom. The van der Waals surface area contributed by atoms with E-state index in [9.17, 15) is 0 Å². The lowest BCUT2D eigenvalue weighted by Gasteiger charge is -2.34. The van der Waals surface area contributed by atoms with Crippen molar-refractivity contribution >= 4 is 10.9 Å². The summed E-state index contributed by atoms with van der Waals surface area (Å²) in [5.41, 5.74) is 5.30. The molecule has 0 spiro atoms. The second kappa shape index (κ2) is 6.40. The molecule has 1 fully saturated rings. The van der Waals surface area contributed by atoms with Crippen LogP contribution >= 0.6 is 0 Å². The largest absolute Gasteiger partial charge is 0.358 e. The Morgan fingerprint density at radius 2 is 1.92 bits per heavy atom. The monoisotopic (exact) mass is 320 g/mol.